The summed E-state index contributed by atoms with van der Waals surface area (Å²) in [6.07, 6.45) is 0.888. The molecular weight excluding hydrogens is 252 g/mol. The topological polar surface area (TPSA) is 35.8 Å². The van der Waals surface area contributed by atoms with Gasteiger partial charge in [0.15, 0.2) is 0 Å². The van der Waals surface area contributed by atoms with Gasteiger partial charge in [0.1, 0.15) is 0 Å². The van der Waals surface area contributed by atoms with Crippen LogP contribution in [0.2, 0.25) is 0 Å². The molecule has 1 rings (SSSR count). The summed E-state index contributed by atoms with van der Waals surface area (Å²) in [6, 6.07) is 8.39. The van der Waals surface area contributed by atoms with Crippen molar-refractivity contribution >= 4 is 21.6 Å². The van der Waals surface area contributed by atoms with Crippen molar-refractivity contribution in [3.63, 3.8) is 0 Å². The zero-order valence-electron chi connectivity index (χ0n) is 9.05. The third kappa shape index (κ3) is 3.56. The zero-order valence-corrected chi connectivity index (χ0v) is 10.6. The van der Waals surface area contributed by atoms with Crippen molar-refractivity contribution in [3.8, 4) is 6.07 Å². The Morgan fingerprint density at radius 3 is 2.80 bits per heavy atom. The van der Waals surface area contributed by atoms with Crippen molar-refractivity contribution in [1.29, 1.82) is 5.26 Å². The Kier molecular flexibility index (Phi) is 4.64. The molecule has 0 radical (unpaired) electrons. The van der Waals surface area contributed by atoms with E-state index in [2.05, 4.69) is 40.3 Å². The van der Waals surface area contributed by atoms with E-state index in [4.69, 9.17) is 5.26 Å². The standard InChI is InChI=1S/C12H15BrN2/c1-3-10(7-14)8-15-11-4-5-12(13)9(2)6-11/h4-6,10,15H,3,8H2,1-2H3. The molecule has 1 aromatic carbocycles. The lowest BCUT2D eigenvalue weighted by atomic mass is 10.1. The largest absolute Gasteiger partial charge is 0.384 e. The van der Waals surface area contributed by atoms with E-state index in [1.54, 1.807) is 0 Å². The van der Waals surface area contributed by atoms with Crippen molar-refractivity contribution in [2.45, 2.75) is 20.3 Å². The molecule has 1 atom stereocenters. The average molecular weight is 267 g/mol. The third-order valence-corrected chi connectivity index (χ3v) is 3.28. The fraction of sp³-hybridized carbons (Fsp3) is 0.417. The Balaban J connectivity index is 2.59. The minimum absolute atomic E-state index is 0.0916. The van der Waals surface area contributed by atoms with Gasteiger partial charge in [-0.05, 0) is 37.1 Å². The predicted molar refractivity (Wildman–Crippen MR) is 66.8 cm³/mol. The highest BCUT2D eigenvalue weighted by molar-refractivity contribution is 9.10. The molecule has 0 aliphatic rings. The number of hydrogen-bond acceptors (Lipinski definition) is 2. The third-order valence-electron chi connectivity index (χ3n) is 2.39. The number of nitrogens with one attached hydrogen (secondary N) is 1. The Morgan fingerprint density at radius 2 is 2.27 bits per heavy atom. The smallest absolute Gasteiger partial charge is 0.0674 e. The first-order valence-electron chi connectivity index (χ1n) is 5.07. The summed E-state index contributed by atoms with van der Waals surface area (Å²) in [5, 5.41) is 12.1. The van der Waals surface area contributed by atoms with Crippen LogP contribution in [-0.4, -0.2) is 6.54 Å². The van der Waals surface area contributed by atoms with Crippen molar-refractivity contribution < 1.29 is 0 Å². The maximum absolute atomic E-state index is 8.81. The van der Waals surface area contributed by atoms with E-state index in [0.717, 1.165) is 16.6 Å². The number of halogens is 1. The van der Waals surface area contributed by atoms with Gasteiger partial charge < -0.3 is 5.32 Å². The van der Waals surface area contributed by atoms with Gasteiger partial charge in [-0.2, -0.15) is 5.26 Å². The van der Waals surface area contributed by atoms with Crippen molar-refractivity contribution in [2.24, 2.45) is 5.92 Å². The van der Waals surface area contributed by atoms with Crippen molar-refractivity contribution in [2.75, 3.05) is 11.9 Å². The normalized spacial score (nSPS) is 11.9. The molecule has 0 fully saturated rings. The molecule has 2 nitrogen and oxygen atoms in total. The van der Waals surface area contributed by atoms with Crippen LogP contribution in [0.5, 0.6) is 0 Å². The molecule has 15 heavy (non-hydrogen) atoms. The van der Waals surface area contributed by atoms with Gasteiger partial charge >= 0.3 is 0 Å². The zero-order chi connectivity index (χ0) is 11.3. The molecule has 0 spiro atoms. The molecule has 80 valence electrons. The molecule has 0 bridgehead atoms. The van der Waals surface area contributed by atoms with Gasteiger partial charge in [0.2, 0.25) is 0 Å². The SMILES string of the molecule is CCC(C#N)CNc1ccc(Br)c(C)c1. The van der Waals surface area contributed by atoms with Crippen LogP contribution in [0.3, 0.4) is 0 Å². The predicted octanol–water partition coefficient (Wildman–Crippen LogP) is 3.72. The molecule has 0 saturated carbocycles. The molecular formula is C12H15BrN2. The van der Waals surface area contributed by atoms with Crippen LogP contribution in [0.4, 0.5) is 5.69 Å². The van der Waals surface area contributed by atoms with Gasteiger partial charge in [0.05, 0.1) is 12.0 Å². The molecule has 0 aromatic heterocycles. The number of anilines is 1. The van der Waals surface area contributed by atoms with Crippen LogP contribution in [-0.2, 0) is 0 Å². The van der Waals surface area contributed by atoms with E-state index in [0.29, 0.717) is 6.54 Å². The van der Waals surface area contributed by atoms with Gasteiger partial charge in [0, 0.05) is 16.7 Å². The molecule has 0 heterocycles. The number of nitriles is 1. The van der Waals surface area contributed by atoms with Gasteiger partial charge in [-0.3, -0.25) is 0 Å². The number of nitrogens with zero attached hydrogens (tertiary/aromatic N) is 1. The summed E-state index contributed by atoms with van der Waals surface area (Å²) >= 11 is 3.46. The van der Waals surface area contributed by atoms with Crippen molar-refractivity contribution in [3.05, 3.63) is 28.2 Å². The van der Waals surface area contributed by atoms with Gasteiger partial charge in [0.25, 0.3) is 0 Å². The summed E-state index contributed by atoms with van der Waals surface area (Å²) in [4.78, 5) is 0. The molecule has 1 aromatic rings. The molecule has 0 saturated heterocycles. The van der Waals surface area contributed by atoms with E-state index >= 15 is 0 Å². The maximum atomic E-state index is 8.81. The highest BCUT2D eigenvalue weighted by Gasteiger charge is 2.04. The maximum Gasteiger partial charge on any atom is 0.0674 e. The fourth-order valence-electron chi connectivity index (χ4n) is 1.28. The second kappa shape index (κ2) is 5.77. The van der Waals surface area contributed by atoms with Gasteiger partial charge in [-0.15, -0.1) is 0 Å². The molecule has 3 heteroatoms. The highest BCUT2D eigenvalue weighted by atomic mass is 79.9. The van der Waals surface area contributed by atoms with E-state index in [1.165, 1.54) is 5.56 Å². The van der Waals surface area contributed by atoms with Crippen LogP contribution in [0.15, 0.2) is 22.7 Å². The monoisotopic (exact) mass is 266 g/mol. The quantitative estimate of drug-likeness (QED) is 0.902. The lowest BCUT2D eigenvalue weighted by molar-refractivity contribution is 0.674. The summed E-state index contributed by atoms with van der Waals surface area (Å²) < 4.78 is 1.11. The van der Waals surface area contributed by atoms with Crippen LogP contribution in [0.25, 0.3) is 0 Å². The molecule has 0 amide bonds. The Labute approximate surface area is 99.4 Å². The minimum Gasteiger partial charge on any atom is -0.384 e. The molecule has 1 unspecified atom stereocenters. The van der Waals surface area contributed by atoms with Crippen molar-refractivity contribution in [1.82, 2.24) is 0 Å². The number of hydrogen-bond donors (Lipinski definition) is 1. The van der Waals surface area contributed by atoms with E-state index in [9.17, 15) is 0 Å². The Bertz CT molecular complexity index is 368. The second-order valence-corrected chi connectivity index (χ2v) is 4.43. The summed E-state index contributed by atoms with van der Waals surface area (Å²) in [6.45, 7) is 4.80. The number of benzene rings is 1. The molecule has 1 N–H and O–H groups in total. The summed E-state index contributed by atoms with van der Waals surface area (Å²) in [7, 11) is 0. The van der Waals surface area contributed by atoms with E-state index in [-0.39, 0.29) is 5.92 Å². The first-order chi connectivity index (χ1) is 7.17. The number of rotatable bonds is 4. The van der Waals surface area contributed by atoms with E-state index in [1.807, 2.05) is 19.1 Å². The van der Waals surface area contributed by atoms with E-state index < -0.39 is 0 Å². The van der Waals surface area contributed by atoms with Crippen LogP contribution < -0.4 is 5.32 Å². The Hall–Kier alpha value is -1.01. The van der Waals surface area contributed by atoms with Crippen LogP contribution >= 0.6 is 15.9 Å². The van der Waals surface area contributed by atoms with Crippen LogP contribution in [0, 0.1) is 24.2 Å². The summed E-state index contributed by atoms with van der Waals surface area (Å²) in [5.41, 5.74) is 2.27. The van der Waals surface area contributed by atoms with Crippen LogP contribution in [0.1, 0.15) is 18.9 Å². The first kappa shape index (κ1) is 12.1. The lowest BCUT2D eigenvalue weighted by Crippen LogP contribution is -2.11. The first-order valence-corrected chi connectivity index (χ1v) is 5.86. The average Bonchev–Trinajstić information content (AvgIpc) is 2.24. The second-order valence-electron chi connectivity index (χ2n) is 3.58. The minimum atomic E-state index is 0.0916. The summed E-state index contributed by atoms with van der Waals surface area (Å²) in [5.74, 6) is 0.0916. The fourth-order valence-corrected chi connectivity index (χ4v) is 1.52. The molecule has 0 aliphatic heterocycles. The highest BCUT2D eigenvalue weighted by Crippen LogP contribution is 2.20. The van der Waals surface area contributed by atoms with Gasteiger partial charge in [-0.1, -0.05) is 22.9 Å². The molecule has 0 aliphatic carbocycles. The van der Waals surface area contributed by atoms with Gasteiger partial charge in [-0.25, -0.2) is 0 Å². The Morgan fingerprint density at radius 1 is 1.53 bits per heavy atom. The number of aryl methyl sites for hydroxylation is 1. The lowest BCUT2D eigenvalue weighted by Gasteiger charge is -2.10.